The minimum atomic E-state index is -0.476. The van der Waals surface area contributed by atoms with E-state index in [0.29, 0.717) is 12.2 Å². The number of nitrogens with one attached hydrogen (secondary N) is 1. The first-order valence-electron chi connectivity index (χ1n) is 8.05. The van der Waals surface area contributed by atoms with Crippen LogP contribution in [0.1, 0.15) is 27.3 Å². The van der Waals surface area contributed by atoms with Gasteiger partial charge in [0, 0.05) is 18.3 Å². The number of carbonyl (C=O) groups is 1. The van der Waals surface area contributed by atoms with Crippen LogP contribution in [0, 0.1) is 13.8 Å². The molecule has 3 rings (SSSR count). The van der Waals surface area contributed by atoms with Crippen LogP contribution >= 0.6 is 0 Å². The Bertz CT molecular complexity index is 962. The van der Waals surface area contributed by atoms with Gasteiger partial charge in [-0.2, -0.15) is 5.10 Å². The Labute approximate surface area is 145 Å². The lowest BCUT2D eigenvalue weighted by Crippen LogP contribution is -2.31. The van der Waals surface area contributed by atoms with Gasteiger partial charge < -0.3 is 5.32 Å². The predicted octanol–water partition coefficient (Wildman–Crippen LogP) is 2.78. The largest absolute Gasteiger partial charge is 0.346 e. The van der Waals surface area contributed by atoms with Gasteiger partial charge in [0.1, 0.15) is 0 Å². The molecular weight excluding hydrogens is 314 g/mol. The summed E-state index contributed by atoms with van der Waals surface area (Å²) in [5.74, 6) is -0.476. The number of benzene rings is 2. The summed E-state index contributed by atoms with van der Waals surface area (Å²) in [4.78, 5) is 24.6. The zero-order valence-corrected chi connectivity index (χ0v) is 14.2. The highest BCUT2D eigenvalue weighted by molar-refractivity contribution is 5.92. The maximum absolute atomic E-state index is 12.4. The second-order valence-electron chi connectivity index (χ2n) is 5.92. The Morgan fingerprint density at radius 1 is 1.04 bits per heavy atom. The van der Waals surface area contributed by atoms with Crippen LogP contribution in [0.4, 0.5) is 0 Å². The normalized spacial score (nSPS) is 10.5. The van der Waals surface area contributed by atoms with E-state index in [9.17, 15) is 9.59 Å². The highest BCUT2D eigenvalue weighted by Gasteiger charge is 2.15. The Balaban J connectivity index is 1.86. The topological polar surface area (TPSA) is 64.0 Å². The van der Waals surface area contributed by atoms with Crippen molar-refractivity contribution in [1.82, 2.24) is 15.1 Å². The summed E-state index contributed by atoms with van der Waals surface area (Å²) in [6, 6.07) is 18.7. The number of amides is 1. The van der Waals surface area contributed by atoms with Crippen LogP contribution in [0.15, 0.2) is 65.5 Å². The molecule has 0 spiro atoms. The van der Waals surface area contributed by atoms with Gasteiger partial charge in [-0.15, -0.1) is 0 Å². The second-order valence-corrected chi connectivity index (χ2v) is 5.92. The summed E-state index contributed by atoms with van der Waals surface area (Å²) < 4.78 is 1.60. The summed E-state index contributed by atoms with van der Waals surface area (Å²) in [6.07, 6.45) is 0. The van der Waals surface area contributed by atoms with E-state index in [1.54, 1.807) is 11.6 Å². The van der Waals surface area contributed by atoms with Gasteiger partial charge in [0.15, 0.2) is 5.69 Å². The Morgan fingerprint density at radius 3 is 2.52 bits per heavy atom. The standard InChI is InChI=1S/C20H19N3O2/c1-14-7-6-8-16(11-14)13-21-20(25)19-18(24)12-15(2)23(22-19)17-9-4-3-5-10-17/h3-12H,13H2,1-2H3,(H,21,25). The zero-order valence-electron chi connectivity index (χ0n) is 14.2. The molecule has 0 fully saturated rings. The predicted molar refractivity (Wildman–Crippen MR) is 96.9 cm³/mol. The highest BCUT2D eigenvalue weighted by Crippen LogP contribution is 2.08. The molecule has 5 nitrogen and oxygen atoms in total. The van der Waals surface area contributed by atoms with Crippen LogP contribution in [0.25, 0.3) is 5.69 Å². The molecule has 1 heterocycles. The van der Waals surface area contributed by atoms with Gasteiger partial charge in [-0.05, 0) is 31.5 Å². The van der Waals surface area contributed by atoms with Crippen molar-refractivity contribution < 1.29 is 4.79 Å². The van der Waals surface area contributed by atoms with Gasteiger partial charge in [-0.25, -0.2) is 4.68 Å². The fourth-order valence-electron chi connectivity index (χ4n) is 2.62. The summed E-state index contributed by atoms with van der Waals surface area (Å²) in [5.41, 5.74) is 3.07. The van der Waals surface area contributed by atoms with Crippen LogP contribution in [0.5, 0.6) is 0 Å². The number of aromatic nitrogens is 2. The Hall–Kier alpha value is -3.21. The van der Waals surface area contributed by atoms with Crippen molar-refractivity contribution in [2.45, 2.75) is 20.4 Å². The van der Waals surface area contributed by atoms with Crippen LogP contribution < -0.4 is 10.7 Å². The molecule has 0 aliphatic carbocycles. The molecule has 3 aromatic rings. The summed E-state index contributed by atoms with van der Waals surface area (Å²) in [6.45, 7) is 4.13. The van der Waals surface area contributed by atoms with E-state index in [1.807, 2.05) is 61.5 Å². The number of hydrogen-bond acceptors (Lipinski definition) is 3. The van der Waals surface area contributed by atoms with E-state index >= 15 is 0 Å². The molecular formula is C20H19N3O2. The minimum absolute atomic E-state index is 0.109. The summed E-state index contributed by atoms with van der Waals surface area (Å²) in [7, 11) is 0. The third-order valence-electron chi connectivity index (χ3n) is 3.86. The number of aryl methyl sites for hydroxylation is 2. The average molecular weight is 333 g/mol. The number of nitrogens with zero attached hydrogens (tertiary/aromatic N) is 2. The van der Waals surface area contributed by atoms with Crippen molar-refractivity contribution in [2.75, 3.05) is 0 Å². The molecule has 1 N–H and O–H groups in total. The lowest BCUT2D eigenvalue weighted by Gasteiger charge is -2.11. The smallest absolute Gasteiger partial charge is 0.276 e. The van der Waals surface area contributed by atoms with Gasteiger partial charge in [0.05, 0.1) is 5.69 Å². The van der Waals surface area contributed by atoms with Crippen LogP contribution in [-0.4, -0.2) is 15.7 Å². The molecule has 5 heteroatoms. The van der Waals surface area contributed by atoms with E-state index in [0.717, 1.165) is 16.8 Å². The molecule has 1 amide bonds. The molecule has 25 heavy (non-hydrogen) atoms. The molecule has 0 saturated carbocycles. The first-order chi connectivity index (χ1) is 12.0. The number of para-hydroxylation sites is 1. The Morgan fingerprint density at radius 2 is 1.80 bits per heavy atom. The Kier molecular flexibility index (Phi) is 4.75. The van der Waals surface area contributed by atoms with Crippen molar-refractivity contribution in [3.63, 3.8) is 0 Å². The molecule has 0 atom stereocenters. The van der Waals surface area contributed by atoms with Gasteiger partial charge >= 0.3 is 0 Å². The molecule has 0 aliphatic rings. The molecule has 0 unspecified atom stereocenters. The molecule has 126 valence electrons. The van der Waals surface area contributed by atoms with Gasteiger partial charge in [0.2, 0.25) is 5.43 Å². The molecule has 0 saturated heterocycles. The van der Waals surface area contributed by atoms with Crippen LogP contribution in [-0.2, 0) is 6.54 Å². The van der Waals surface area contributed by atoms with Crippen molar-refractivity contribution in [3.8, 4) is 5.69 Å². The summed E-state index contributed by atoms with van der Waals surface area (Å²) >= 11 is 0. The maximum atomic E-state index is 12.4. The number of carbonyl (C=O) groups excluding carboxylic acids is 1. The quantitative estimate of drug-likeness (QED) is 0.798. The lowest BCUT2D eigenvalue weighted by molar-refractivity contribution is 0.0943. The lowest BCUT2D eigenvalue weighted by atomic mass is 10.1. The SMILES string of the molecule is Cc1cccc(CNC(=O)c2nn(-c3ccccc3)c(C)cc2=O)c1. The third kappa shape index (κ3) is 3.83. The molecule has 1 aromatic heterocycles. The molecule has 0 bridgehead atoms. The van der Waals surface area contributed by atoms with E-state index in [-0.39, 0.29) is 11.1 Å². The fourth-order valence-corrected chi connectivity index (χ4v) is 2.62. The molecule has 2 aromatic carbocycles. The van der Waals surface area contributed by atoms with E-state index in [4.69, 9.17) is 0 Å². The van der Waals surface area contributed by atoms with E-state index in [1.165, 1.54) is 6.07 Å². The summed E-state index contributed by atoms with van der Waals surface area (Å²) in [5, 5.41) is 7.03. The van der Waals surface area contributed by atoms with Crippen molar-refractivity contribution >= 4 is 5.91 Å². The molecule has 0 radical (unpaired) electrons. The first-order valence-corrected chi connectivity index (χ1v) is 8.05. The van der Waals surface area contributed by atoms with Crippen LogP contribution in [0.3, 0.4) is 0 Å². The van der Waals surface area contributed by atoms with Crippen LogP contribution in [0.2, 0.25) is 0 Å². The van der Waals surface area contributed by atoms with E-state index < -0.39 is 5.91 Å². The monoisotopic (exact) mass is 333 g/mol. The van der Waals surface area contributed by atoms with Gasteiger partial charge in [0.25, 0.3) is 5.91 Å². The first kappa shape index (κ1) is 16.6. The van der Waals surface area contributed by atoms with Crippen molar-refractivity contribution in [1.29, 1.82) is 0 Å². The fraction of sp³-hybridized carbons (Fsp3) is 0.150. The number of hydrogen-bond donors (Lipinski definition) is 1. The number of rotatable bonds is 4. The van der Waals surface area contributed by atoms with Crippen molar-refractivity contribution in [3.05, 3.63) is 93.4 Å². The molecule has 0 aliphatic heterocycles. The average Bonchev–Trinajstić information content (AvgIpc) is 2.60. The highest BCUT2D eigenvalue weighted by atomic mass is 16.2. The second kappa shape index (κ2) is 7.13. The third-order valence-corrected chi connectivity index (χ3v) is 3.86. The minimum Gasteiger partial charge on any atom is -0.346 e. The van der Waals surface area contributed by atoms with Gasteiger partial charge in [-0.1, -0.05) is 48.0 Å². The maximum Gasteiger partial charge on any atom is 0.276 e. The zero-order chi connectivity index (χ0) is 17.8. The van der Waals surface area contributed by atoms with Gasteiger partial charge in [-0.3, -0.25) is 9.59 Å². The van der Waals surface area contributed by atoms with Crippen molar-refractivity contribution in [2.24, 2.45) is 0 Å². The van der Waals surface area contributed by atoms with E-state index in [2.05, 4.69) is 10.4 Å².